The third-order valence-corrected chi connectivity index (χ3v) is 5.71. The summed E-state index contributed by atoms with van der Waals surface area (Å²) in [4.78, 5) is 30.8. The normalized spacial score (nSPS) is 12.9. The molecule has 1 aliphatic rings. The molecule has 2 heterocycles. The number of benzene rings is 2. The topological polar surface area (TPSA) is 105 Å². The molecule has 0 saturated heterocycles. The zero-order valence-corrected chi connectivity index (χ0v) is 20.9. The van der Waals surface area contributed by atoms with Gasteiger partial charge in [-0.2, -0.15) is 0 Å². The molecule has 9 nitrogen and oxygen atoms in total. The minimum Gasteiger partial charge on any atom is -0.497 e. The lowest BCUT2D eigenvalue weighted by atomic mass is 9.93. The standard InChI is InChI=1S/C28H26N2O7/c1-17(19-13-21(33-2)15-22(14-19)34-3)26(28(32)35-4)23(27(31)30-20-7-9-29-10-8-20)11-18-5-6-24-25(12-18)37-16-36-24/h5-15H,16H2,1-4H3,(H,29,30,31)/b23-11+,26-17-. The molecule has 2 aromatic carbocycles. The number of pyridine rings is 1. The predicted molar refractivity (Wildman–Crippen MR) is 138 cm³/mol. The number of carbonyl (C=O) groups is 2. The zero-order chi connectivity index (χ0) is 26.4. The first kappa shape index (κ1) is 25.3. The minimum absolute atomic E-state index is 0.0713. The second-order valence-electron chi connectivity index (χ2n) is 7.95. The summed E-state index contributed by atoms with van der Waals surface area (Å²) in [5.74, 6) is 0.999. The fourth-order valence-corrected chi connectivity index (χ4v) is 3.79. The first-order valence-electron chi connectivity index (χ1n) is 11.3. The number of fused-ring (bicyclic) bond motifs is 1. The Kier molecular flexibility index (Phi) is 7.73. The maximum atomic E-state index is 13.6. The number of aromatic nitrogens is 1. The summed E-state index contributed by atoms with van der Waals surface area (Å²) in [6.07, 6.45) is 4.72. The quantitative estimate of drug-likeness (QED) is 0.273. The molecule has 1 N–H and O–H groups in total. The molecule has 190 valence electrons. The molecule has 0 atom stereocenters. The van der Waals surface area contributed by atoms with Crippen LogP contribution in [0.25, 0.3) is 11.6 Å². The first-order chi connectivity index (χ1) is 17.9. The van der Waals surface area contributed by atoms with Gasteiger partial charge in [-0.25, -0.2) is 4.79 Å². The van der Waals surface area contributed by atoms with Crippen molar-refractivity contribution in [1.82, 2.24) is 4.98 Å². The molecule has 4 rings (SSSR count). The fourth-order valence-electron chi connectivity index (χ4n) is 3.79. The van der Waals surface area contributed by atoms with E-state index in [1.165, 1.54) is 21.3 Å². The van der Waals surface area contributed by atoms with Crippen molar-refractivity contribution in [3.8, 4) is 23.0 Å². The first-order valence-corrected chi connectivity index (χ1v) is 11.3. The summed E-state index contributed by atoms with van der Waals surface area (Å²) >= 11 is 0. The number of hydrogen-bond donors (Lipinski definition) is 1. The van der Waals surface area contributed by atoms with Crippen LogP contribution in [0.2, 0.25) is 0 Å². The van der Waals surface area contributed by atoms with Crippen molar-refractivity contribution >= 4 is 29.2 Å². The van der Waals surface area contributed by atoms with Crippen molar-refractivity contribution in [2.75, 3.05) is 33.4 Å². The number of esters is 1. The highest BCUT2D eigenvalue weighted by Crippen LogP contribution is 2.35. The van der Waals surface area contributed by atoms with E-state index < -0.39 is 11.9 Å². The van der Waals surface area contributed by atoms with Crippen LogP contribution in [0.15, 0.2) is 72.1 Å². The lowest BCUT2D eigenvalue weighted by molar-refractivity contribution is -0.136. The maximum Gasteiger partial charge on any atom is 0.338 e. The summed E-state index contributed by atoms with van der Waals surface area (Å²) < 4.78 is 26.8. The molecule has 1 aromatic heterocycles. The Morgan fingerprint density at radius 2 is 1.59 bits per heavy atom. The minimum atomic E-state index is -0.684. The number of nitrogens with one attached hydrogen (secondary N) is 1. The molecule has 0 radical (unpaired) electrons. The largest absolute Gasteiger partial charge is 0.497 e. The molecular weight excluding hydrogens is 476 g/mol. The Hall–Kier alpha value is -4.79. The van der Waals surface area contributed by atoms with E-state index in [2.05, 4.69) is 10.3 Å². The van der Waals surface area contributed by atoms with E-state index >= 15 is 0 Å². The molecule has 0 unspecified atom stereocenters. The molecule has 9 heteroatoms. The van der Waals surface area contributed by atoms with E-state index in [9.17, 15) is 9.59 Å². The van der Waals surface area contributed by atoms with E-state index in [4.69, 9.17) is 23.7 Å². The highest BCUT2D eigenvalue weighted by molar-refractivity contribution is 6.19. The molecule has 0 bridgehead atoms. The smallest absolute Gasteiger partial charge is 0.338 e. The molecule has 1 amide bonds. The molecule has 3 aromatic rings. The molecule has 37 heavy (non-hydrogen) atoms. The highest BCUT2D eigenvalue weighted by Gasteiger charge is 2.26. The number of ether oxygens (including phenoxy) is 5. The SMILES string of the molecule is COC(=O)C(=C(/C)c1cc(OC)cc(OC)c1)/C(=C\c1ccc2c(c1)OCO2)C(=O)Nc1ccncc1. The van der Waals surface area contributed by atoms with Crippen LogP contribution in [-0.2, 0) is 14.3 Å². The number of rotatable bonds is 8. The van der Waals surface area contributed by atoms with Crippen molar-refractivity contribution in [2.45, 2.75) is 6.92 Å². The Morgan fingerprint density at radius 1 is 0.919 bits per heavy atom. The number of methoxy groups -OCH3 is 3. The van der Waals surface area contributed by atoms with E-state index in [-0.39, 0.29) is 17.9 Å². The van der Waals surface area contributed by atoms with Crippen molar-refractivity contribution in [2.24, 2.45) is 0 Å². The van der Waals surface area contributed by atoms with E-state index in [0.29, 0.717) is 45.4 Å². The third kappa shape index (κ3) is 5.72. The van der Waals surface area contributed by atoms with Gasteiger partial charge in [-0.15, -0.1) is 0 Å². The Labute approximate surface area is 214 Å². The van der Waals surface area contributed by atoms with Crippen LogP contribution >= 0.6 is 0 Å². The number of allylic oxidation sites excluding steroid dienone is 1. The Morgan fingerprint density at radius 3 is 2.24 bits per heavy atom. The lowest BCUT2D eigenvalue weighted by Crippen LogP contribution is -2.21. The van der Waals surface area contributed by atoms with Crippen LogP contribution in [0, 0.1) is 0 Å². The molecule has 0 fully saturated rings. The zero-order valence-electron chi connectivity index (χ0n) is 20.9. The molecule has 0 spiro atoms. The molecule has 0 saturated carbocycles. The van der Waals surface area contributed by atoms with Gasteiger partial charge in [0.05, 0.1) is 32.5 Å². The number of anilines is 1. The van der Waals surface area contributed by atoms with Crippen LogP contribution in [0.3, 0.4) is 0 Å². The Balaban J connectivity index is 1.90. The Bertz CT molecular complexity index is 1360. The third-order valence-electron chi connectivity index (χ3n) is 5.71. The van der Waals surface area contributed by atoms with Crippen LogP contribution < -0.4 is 24.3 Å². The average Bonchev–Trinajstić information content (AvgIpc) is 3.40. The van der Waals surface area contributed by atoms with Crippen LogP contribution in [-0.4, -0.2) is 45.0 Å². The number of nitrogens with zero attached hydrogens (tertiary/aromatic N) is 1. The molecular formula is C28H26N2O7. The van der Waals surface area contributed by atoms with Gasteiger partial charge in [0.1, 0.15) is 11.5 Å². The van der Waals surface area contributed by atoms with E-state index in [1.54, 1.807) is 73.9 Å². The molecule has 1 aliphatic heterocycles. The van der Waals surface area contributed by atoms with Crippen molar-refractivity contribution in [3.63, 3.8) is 0 Å². The second kappa shape index (κ2) is 11.3. The van der Waals surface area contributed by atoms with Gasteiger partial charge in [-0.3, -0.25) is 9.78 Å². The van der Waals surface area contributed by atoms with Crippen LogP contribution in [0.5, 0.6) is 23.0 Å². The predicted octanol–water partition coefficient (Wildman–Crippen LogP) is 4.50. The monoisotopic (exact) mass is 502 g/mol. The number of carbonyl (C=O) groups excluding carboxylic acids is 2. The summed E-state index contributed by atoms with van der Waals surface area (Å²) in [6.45, 7) is 1.84. The summed E-state index contributed by atoms with van der Waals surface area (Å²) in [7, 11) is 4.33. The van der Waals surface area contributed by atoms with Gasteiger partial charge >= 0.3 is 5.97 Å². The van der Waals surface area contributed by atoms with Crippen molar-refractivity contribution in [3.05, 3.63) is 83.2 Å². The average molecular weight is 503 g/mol. The number of hydrogen-bond acceptors (Lipinski definition) is 8. The van der Waals surface area contributed by atoms with Gasteiger partial charge in [-0.05, 0) is 66.1 Å². The highest BCUT2D eigenvalue weighted by atomic mass is 16.7. The number of amides is 1. The van der Waals surface area contributed by atoms with E-state index in [1.807, 2.05) is 0 Å². The summed E-state index contributed by atoms with van der Waals surface area (Å²) in [5.41, 5.74) is 2.40. The fraction of sp³-hybridized carbons (Fsp3) is 0.179. The lowest BCUT2D eigenvalue weighted by Gasteiger charge is -2.16. The van der Waals surface area contributed by atoms with Gasteiger partial charge in [0.25, 0.3) is 5.91 Å². The second-order valence-corrected chi connectivity index (χ2v) is 7.95. The van der Waals surface area contributed by atoms with Gasteiger partial charge in [0.15, 0.2) is 11.5 Å². The van der Waals surface area contributed by atoms with E-state index in [0.717, 1.165) is 0 Å². The van der Waals surface area contributed by atoms with Crippen LogP contribution in [0.1, 0.15) is 18.1 Å². The van der Waals surface area contributed by atoms with Crippen molar-refractivity contribution < 1.29 is 33.3 Å². The van der Waals surface area contributed by atoms with Gasteiger partial charge in [-0.1, -0.05) is 6.07 Å². The van der Waals surface area contributed by atoms with Gasteiger partial charge < -0.3 is 29.0 Å². The maximum absolute atomic E-state index is 13.6. The van der Waals surface area contributed by atoms with Gasteiger partial charge in [0.2, 0.25) is 6.79 Å². The summed E-state index contributed by atoms with van der Waals surface area (Å²) in [5, 5.41) is 2.83. The van der Waals surface area contributed by atoms with Gasteiger partial charge in [0, 0.05) is 24.1 Å². The van der Waals surface area contributed by atoms with Crippen LogP contribution in [0.4, 0.5) is 5.69 Å². The molecule has 0 aliphatic carbocycles. The van der Waals surface area contributed by atoms with Crippen molar-refractivity contribution in [1.29, 1.82) is 0 Å². The summed E-state index contributed by atoms with van der Waals surface area (Å²) in [6, 6.07) is 13.8.